The van der Waals surface area contributed by atoms with Gasteiger partial charge in [-0.3, -0.25) is 0 Å². The molecule has 3 atom stereocenters. The zero-order valence-corrected chi connectivity index (χ0v) is 4.90. The Morgan fingerprint density at radius 3 is 2.33 bits per heavy atom. The van der Waals surface area contributed by atoms with E-state index in [4.69, 9.17) is 15.3 Å². The summed E-state index contributed by atoms with van der Waals surface area (Å²) in [6.45, 7) is 0.109. The van der Waals surface area contributed by atoms with Gasteiger partial charge in [0, 0.05) is 6.42 Å². The summed E-state index contributed by atoms with van der Waals surface area (Å²) in [6, 6.07) is 0. The summed E-state index contributed by atoms with van der Waals surface area (Å²) in [6.07, 6.45) is -2.49. The van der Waals surface area contributed by atoms with Gasteiger partial charge in [-0.1, -0.05) is 0 Å². The molecule has 0 radical (unpaired) electrons. The molecule has 9 heavy (non-hydrogen) atoms. The van der Waals surface area contributed by atoms with E-state index in [1.807, 2.05) is 0 Å². The molecule has 0 amide bonds. The summed E-state index contributed by atoms with van der Waals surface area (Å²) < 4.78 is 4.56. The van der Waals surface area contributed by atoms with Crippen molar-refractivity contribution in [1.82, 2.24) is 0 Å². The molecule has 1 aliphatic rings. The Morgan fingerprint density at radius 2 is 1.89 bits per heavy atom. The molecule has 0 aromatic heterocycles. The zero-order valence-electron chi connectivity index (χ0n) is 4.90. The van der Waals surface area contributed by atoms with Gasteiger partial charge in [-0.25, -0.2) is 0 Å². The van der Waals surface area contributed by atoms with Crippen LogP contribution in [0.5, 0.6) is 0 Å². The van der Waals surface area contributed by atoms with Gasteiger partial charge in [-0.2, -0.15) is 0 Å². The highest BCUT2D eigenvalue weighted by Crippen LogP contribution is 2.11. The maximum absolute atomic E-state index is 8.81. The molecule has 1 unspecified atom stereocenters. The van der Waals surface area contributed by atoms with Crippen molar-refractivity contribution in [2.24, 2.45) is 0 Å². The van der Waals surface area contributed by atoms with Crippen molar-refractivity contribution in [3.63, 3.8) is 0 Å². The molecule has 4 nitrogen and oxygen atoms in total. The number of aliphatic hydroxyl groups excluding tert-OH is 3. The average molecular weight is 134 g/mol. The predicted molar refractivity (Wildman–Crippen MR) is 28.6 cm³/mol. The summed E-state index contributed by atoms with van der Waals surface area (Å²) >= 11 is 0. The molecule has 1 aliphatic heterocycles. The molecular weight excluding hydrogens is 124 g/mol. The van der Waals surface area contributed by atoms with Crippen LogP contribution in [0.15, 0.2) is 0 Å². The van der Waals surface area contributed by atoms with E-state index in [1.54, 1.807) is 0 Å². The van der Waals surface area contributed by atoms with E-state index in [0.29, 0.717) is 0 Å². The Bertz CT molecular complexity index is 95.0. The van der Waals surface area contributed by atoms with Crippen molar-refractivity contribution < 1.29 is 20.1 Å². The van der Waals surface area contributed by atoms with Crippen molar-refractivity contribution in [1.29, 1.82) is 0 Å². The van der Waals surface area contributed by atoms with Crippen molar-refractivity contribution in [2.45, 2.75) is 24.9 Å². The highest BCUT2D eigenvalue weighted by Gasteiger charge is 2.26. The molecule has 0 aliphatic carbocycles. The first-order valence-corrected chi connectivity index (χ1v) is 2.86. The summed E-state index contributed by atoms with van der Waals surface area (Å²) in [5, 5.41) is 26.3. The summed E-state index contributed by atoms with van der Waals surface area (Å²) in [5.74, 6) is 0. The van der Waals surface area contributed by atoms with Crippen LogP contribution in [0.2, 0.25) is 0 Å². The molecule has 0 spiro atoms. The minimum atomic E-state index is -1.12. The molecule has 1 saturated heterocycles. The molecule has 54 valence electrons. The largest absolute Gasteiger partial charge is 0.391 e. The third-order valence-corrected chi connectivity index (χ3v) is 1.30. The maximum Gasteiger partial charge on any atom is 0.181 e. The molecular formula is C5H10O4. The van der Waals surface area contributed by atoms with Crippen molar-refractivity contribution in [3.05, 3.63) is 0 Å². The van der Waals surface area contributed by atoms with Gasteiger partial charge in [0.2, 0.25) is 0 Å². The number of rotatable bonds is 0. The van der Waals surface area contributed by atoms with Crippen molar-refractivity contribution in [3.8, 4) is 0 Å². The minimum Gasteiger partial charge on any atom is -0.391 e. The zero-order chi connectivity index (χ0) is 6.85. The van der Waals surface area contributed by atoms with Crippen molar-refractivity contribution in [2.75, 3.05) is 6.61 Å². The molecule has 0 bridgehead atoms. The number of hydrogen-bond donors (Lipinski definition) is 3. The lowest BCUT2D eigenvalue weighted by atomic mass is 10.1. The van der Waals surface area contributed by atoms with Gasteiger partial charge in [0.15, 0.2) is 6.29 Å². The van der Waals surface area contributed by atoms with Gasteiger partial charge in [0.05, 0.1) is 12.7 Å². The topological polar surface area (TPSA) is 69.9 Å². The van der Waals surface area contributed by atoms with Gasteiger partial charge in [-0.05, 0) is 0 Å². The molecule has 1 fully saturated rings. The Kier molecular flexibility index (Phi) is 2.02. The van der Waals surface area contributed by atoms with Crippen LogP contribution in [0.1, 0.15) is 6.42 Å². The third kappa shape index (κ3) is 1.62. The highest BCUT2D eigenvalue weighted by atomic mass is 16.6. The Morgan fingerprint density at radius 1 is 1.22 bits per heavy atom. The van der Waals surface area contributed by atoms with Gasteiger partial charge >= 0.3 is 0 Å². The molecule has 1 rings (SSSR count). The van der Waals surface area contributed by atoms with Crippen LogP contribution in [0.3, 0.4) is 0 Å². The fourth-order valence-electron chi connectivity index (χ4n) is 0.784. The lowest BCUT2D eigenvalue weighted by Crippen LogP contribution is -2.40. The monoisotopic (exact) mass is 134 g/mol. The third-order valence-electron chi connectivity index (χ3n) is 1.30. The maximum atomic E-state index is 8.81. The van der Waals surface area contributed by atoms with Crippen LogP contribution in [0.25, 0.3) is 0 Å². The molecule has 0 aromatic carbocycles. The van der Waals surface area contributed by atoms with E-state index in [1.165, 1.54) is 0 Å². The Labute approximate surface area is 52.7 Å². The van der Waals surface area contributed by atoms with Gasteiger partial charge < -0.3 is 20.1 Å². The summed E-state index contributed by atoms with van der Waals surface area (Å²) in [7, 11) is 0. The van der Waals surface area contributed by atoms with Crippen molar-refractivity contribution >= 4 is 0 Å². The van der Waals surface area contributed by atoms with Crippen LogP contribution < -0.4 is 0 Å². The van der Waals surface area contributed by atoms with E-state index in [-0.39, 0.29) is 13.0 Å². The smallest absolute Gasteiger partial charge is 0.181 e. The van der Waals surface area contributed by atoms with E-state index in [2.05, 4.69) is 4.74 Å². The fourth-order valence-corrected chi connectivity index (χ4v) is 0.784. The predicted octanol–water partition coefficient (Wildman–Crippen LogP) is -1.55. The van der Waals surface area contributed by atoms with Crippen LogP contribution >= 0.6 is 0 Å². The van der Waals surface area contributed by atoms with Crippen LogP contribution in [-0.4, -0.2) is 40.4 Å². The molecule has 4 heteroatoms. The number of hydrogen-bond acceptors (Lipinski definition) is 4. The molecule has 3 N–H and O–H groups in total. The molecule has 0 saturated carbocycles. The van der Waals surface area contributed by atoms with E-state index >= 15 is 0 Å². The lowest BCUT2D eigenvalue weighted by Gasteiger charge is -2.26. The molecule has 0 aromatic rings. The SMILES string of the molecule is OC1OC[C@@H](O)C[C@H]1O. The summed E-state index contributed by atoms with van der Waals surface area (Å²) in [5.41, 5.74) is 0. The second-order valence-corrected chi connectivity index (χ2v) is 2.18. The Balaban J connectivity index is 2.35. The second-order valence-electron chi connectivity index (χ2n) is 2.18. The molecule has 1 heterocycles. The van der Waals surface area contributed by atoms with Gasteiger partial charge in [-0.15, -0.1) is 0 Å². The first-order chi connectivity index (χ1) is 4.20. The highest BCUT2D eigenvalue weighted by molar-refractivity contribution is 4.70. The van der Waals surface area contributed by atoms with E-state index < -0.39 is 18.5 Å². The minimum absolute atomic E-state index is 0.109. The first-order valence-electron chi connectivity index (χ1n) is 2.86. The Hall–Kier alpha value is -0.160. The van der Waals surface area contributed by atoms with Crippen LogP contribution in [0, 0.1) is 0 Å². The normalized spacial score (nSPS) is 45.0. The standard InChI is InChI=1S/C5H10O4/c6-3-1-4(7)5(8)9-2-3/h3-8H,1-2H2/t3-,4+,5?/m0/s1. The number of aliphatic hydroxyl groups is 3. The van der Waals surface area contributed by atoms with Crippen LogP contribution in [-0.2, 0) is 4.74 Å². The lowest BCUT2D eigenvalue weighted by molar-refractivity contribution is -0.211. The first kappa shape index (κ1) is 6.95. The van der Waals surface area contributed by atoms with E-state index in [0.717, 1.165) is 0 Å². The summed E-state index contributed by atoms with van der Waals surface area (Å²) in [4.78, 5) is 0. The second kappa shape index (κ2) is 2.62. The van der Waals surface area contributed by atoms with Crippen LogP contribution in [0.4, 0.5) is 0 Å². The fraction of sp³-hybridized carbons (Fsp3) is 1.00. The van der Waals surface area contributed by atoms with Gasteiger partial charge in [0.1, 0.15) is 6.10 Å². The number of ether oxygens (including phenoxy) is 1. The quantitative estimate of drug-likeness (QED) is 0.375. The van der Waals surface area contributed by atoms with Gasteiger partial charge in [0.25, 0.3) is 0 Å². The van der Waals surface area contributed by atoms with E-state index in [9.17, 15) is 0 Å². The average Bonchev–Trinajstić information content (AvgIpc) is 1.80.